The second kappa shape index (κ2) is 4.90. The third-order valence-electron chi connectivity index (χ3n) is 3.70. The monoisotopic (exact) mass is 254 g/mol. The zero-order valence-corrected chi connectivity index (χ0v) is 12.5. The molecule has 0 aromatic heterocycles. The van der Waals surface area contributed by atoms with Crippen LogP contribution < -0.4 is 0 Å². The minimum atomic E-state index is -0.404. The van der Waals surface area contributed by atoms with Crippen molar-refractivity contribution in [3.8, 4) is 0 Å². The number of carbonyl (C=O) groups excluding carboxylic acids is 2. The average molecular weight is 254 g/mol. The van der Waals surface area contributed by atoms with Gasteiger partial charge in [0.1, 0.15) is 5.78 Å². The lowest BCUT2D eigenvalue weighted by Crippen LogP contribution is -2.65. The van der Waals surface area contributed by atoms with Crippen LogP contribution in [0.1, 0.15) is 54.4 Å². The van der Waals surface area contributed by atoms with Crippen molar-refractivity contribution in [3.63, 3.8) is 0 Å². The summed E-state index contributed by atoms with van der Waals surface area (Å²) in [5, 5.41) is 0. The van der Waals surface area contributed by atoms with E-state index in [1.807, 2.05) is 51.3 Å². The molecule has 0 N–H and O–H groups in total. The summed E-state index contributed by atoms with van der Waals surface area (Å²) in [4.78, 5) is 28.2. The fourth-order valence-electron chi connectivity index (χ4n) is 3.16. The van der Waals surface area contributed by atoms with Crippen molar-refractivity contribution in [3.05, 3.63) is 0 Å². The number of piperidine rings is 1. The third kappa shape index (κ3) is 2.68. The number of hydrogen-bond donors (Lipinski definition) is 0. The maximum absolute atomic E-state index is 12.6. The van der Waals surface area contributed by atoms with Crippen LogP contribution in [0.25, 0.3) is 0 Å². The Balaban J connectivity index is 3.09. The summed E-state index contributed by atoms with van der Waals surface area (Å²) in [5.41, 5.74) is -0.809. The van der Waals surface area contributed by atoms with Gasteiger partial charge in [0.25, 0.3) is 0 Å². The van der Waals surface area contributed by atoms with Crippen molar-refractivity contribution < 1.29 is 9.59 Å². The Morgan fingerprint density at radius 2 is 1.50 bits per heavy atom. The minimum absolute atomic E-state index is 0.0440. The lowest BCUT2D eigenvalue weighted by Gasteiger charge is -2.53. The molecular formula is C14H26N2O2. The molecule has 104 valence electrons. The molecule has 0 saturated carbocycles. The van der Waals surface area contributed by atoms with Crippen molar-refractivity contribution >= 4 is 11.8 Å². The number of ketones is 1. The van der Waals surface area contributed by atoms with E-state index in [0.29, 0.717) is 25.9 Å². The fraction of sp³-hybridized carbons (Fsp3) is 0.857. The van der Waals surface area contributed by atoms with Crippen molar-refractivity contribution in [2.75, 3.05) is 13.1 Å². The van der Waals surface area contributed by atoms with Crippen LogP contribution in [0.3, 0.4) is 0 Å². The largest absolute Gasteiger partial charge is 0.325 e. The van der Waals surface area contributed by atoms with E-state index in [0.717, 1.165) is 0 Å². The van der Waals surface area contributed by atoms with E-state index in [4.69, 9.17) is 0 Å². The third-order valence-corrected chi connectivity index (χ3v) is 3.70. The Bertz CT molecular complexity index is 324. The molecule has 1 fully saturated rings. The zero-order chi connectivity index (χ0) is 14.1. The number of nitrogens with zero attached hydrogens (tertiary/aromatic N) is 2. The number of Topliss-reactive ketones (excluding diaryl/α,β-unsaturated/α-hetero) is 1. The Morgan fingerprint density at radius 3 is 1.83 bits per heavy atom. The average Bonchev–Trinajstić information content (AvgIpc) is 2.14. The van der Waals surface area contributed by atoms with E-state index in [9.17, 15) is 9.59 Å². The predicted octanol–water partition coefficient (Wildman–Crippen LogP) is 2.67. The van der Waals surface area contributed by atoms with Crippen LogP contribution in [0.2, 0.25) is 0 Å². The number of urea groups is 1. The van der Waals surface area contributed by atoms with Gasteiger partial charge in [-0.15, -0.1) is 0 Å². The van der Waals surface area contributed by atoms with Crippen LogP contribution in [-0.4, -0.2) is 45.8 Å². The van der Waals surface area contributed by atoms with Gasteiger partial charge in [-0.3, -0.25) is 4.79 Å². The second-order valence-electron chi connectivity index (χ2n) is 6.31. The molecular weight excluding hydrogens is 228 g/mol. The number of carbonyl (C=O) groups is 2. The zero-order valence-electron chi connectivity index (χ0n) is 12.5. The molecule has 1 saturated heterocycles. The lowest BCUT2D eigenvalue weighted by atomic mass is 9.79. The van der Waals surface area contributed by atoms with Gasteiger partial charge < -0.3 is 9.80 Å². The molecule has 0 aromatic carbocycles. The quantitative estimate of drug-likeness (QED) is 0.760. The summed E-state index contributed by atoms with van der Waals surface area (Å²) in [6.45, 7) is 13.3. The van der Waals surface area contributed by atoms with Crippen LogP contribution in [0.4, 0.5) is 4.79 Å². The van der Waals surface area contributed by atoms with Crippen LogP contribution in [0, 0.1) is 0 Å². The molecule has 1 rings (SSSR count). The summed E-state index contributed by atoms with van der Waals surface area (Å²) in [7, 11) is 0. The lowest BCUT2D eigenvalue weighted by molar-refractivity contribution is -0.130. The van der Waals surface area contributed by atoms with Crippen LogP contribution in [-0.2, 0) is 4.79 Å². The van der Waals surface area contributed by atoms with Crippen molar-refractivity contribution in [2.45, 2.75) is 65.5 Å². The van der Waals surface area contributed by atoms with Crippen LogP contribution in [0.15, 0.2) is 0 Å². The maximum atomic E-state index is 12.6. The molecule has 0 radical (unpaired) electrons. The Labute approximate surface area is 110 Å². The van der Waals surface area contributed by atoms with Gasteiger partial charge >= 0.3 is 6.03 Å². The van der Waals surface area contributed by atoms with Gasteiger partial charge in [0.05, 0.1) is 0 Å². The molecule has 4 nitrogen and oxygen atoms in total. The normalized spacial score (nSPS) is 21.9. The van der Waals surface area contributed by atoms with Gasteiger partial charge in [-0.2, -0.15) is 0 Å². The van der Waals surface area contributed by atoms with Crippen molar-refractivity contribution in [1.82, 2.24) is 9.80 Å². The summed E-state index contributed by atoms with van der Waals surface area (Å²) in [5.74, 6) is 0.244. The van der Waals surface area contributed by atoms with Crippen LogP contribution >= 0.6 is 0 Å². The first-order chi connectivity index (χ1) is 8.15. The van der Waals surface area contributed by atoms with E-state index < -0.39 is 11.1 Å². The fourth-order valence-corrected chi connectivity index (χ4v) is 3.16. The van der Waals surface area contributed by atoms with Gasteiger partial charge in [-0.1, -0.05) is 0 Å². The highest BCUT2D eigenvalue weighted by atomic mass is 16.2. The summed E-state index contributed by atoms with van der Waals surface area (Å²) in [6.07, 6.45) is 0.896. The highest BCUT2D eigenvalue weighted by Crippen LogP contribution is 2.37. The number of likely N-dealkylation sites (tertiary alicyclic amines) is 1. The first-order valence-electron chi connectivity index (χ1n) is 6.76. The summed E-state index contributed by atoms with van der Waals surface area (Å²) >= 11 is 0. The SMILES string of the molecule is CCN(CC)C(=O)N1C(C)(C)CC(=O)CC1(C)C. The molecule has 0 spiro atoms. The van der Waals surface area contributed by atoms with Gasteiger partial charge in [-0.25, -0.2) is 4.79 Å². The highest BCUT2D eigenvalue weighted by molar-refractivity contribution is 5.86. The van der Waals surface area contributed by atoms with E-state index in [-0.39, 0.29) is 11.8 Å². The van der Waals surface area contributed by atoms with Gasteiger partial charge in [0.15, 0.2) is 0 Å². The summed E-state index contributed by atoms with van der Waals surface area (Å²) < 4.78 is 0. The molecule has 18 heavy (non-hydrogen) atoms. The Kier molecular flexibility index (Phi) is 4.08. The first-order valence-corrected chi connectivity index (χ1v) is 6.76. The molecule has 0 aromatic rings. The summed E-state index contributed by atoms with van der Waals surface area (Å²) in [6, 6.07) is 0.0440. The van der Waals surface area contributed by atoms with Gasteiger partial charge in [-0.05, 0) is 41.5 Å². The topological polar surface area (TPSA) is 40.6 Å². The maximum Gasteiger partial charge on any atom is 0.320 e. The molecule has 0 bridgehead atoms. The Hall–Kier alpha value is -1.06. The number of rotatable bonds is 2. The second-order valence-corrected chi connectivity index (χ2v) is 6.31. The van der Waals surface area contributed by atoms with E-state index in [1.165, 1.54) is 0 Å². The molecule has 2 amide bonds. The van der Waals surface area contributed by atoms with Crippen LogP contribution in [0.5, 0.6) is 0 Å². The first kappa shape index (κ1) is 15.0. The number of hydrogen-bond acceptors (Lipinski definition) is 2. The minimum Gasteiger partial charge on any atom is -0.325 e. The molecule has 4 heteroatoms. The van der Waals surface area contributed by atoms with Gasteiger partial charge in [0, 0.05) is 37.0 Å². The Morgan fingerprint density at radius 1 is 1.11 bits per heavy atom. The molecule has 1 aliphatic heterocycles. The van der Waals surface area contributed by atoms with Crippen molar-refractivity contribution in [1.29, 1.82) is 0 Å². The van der Waals surface area contributed by atoms with E-state index >= 15 is 0 Å². The molecule has 1 aliphatic rings. The molecule has 1 heterocycles. The van der Waals surface area contributed by atoms with Crippen molar-refractivity contribution in [2.24, 2.45) is 0 Å². The standard InChI is InChI=1S/C14H26N2O2/c1-7-15(8-2)12(18)16-13(3,4)9-11(17)10-14(16,5)6/h7-10H2,1-6H3. The molecule has 0 aliphatic carbocycles. The molecule has 0 unspecified atom stereocenters. The number of amides is 2. The van der Waals surface area contributed by atoms with E-state index in [1.54, 1.807) is 0 Å². The van der Waals surface area contributed by atoms with Gasteiger partial charge in [0.2, 0.25) is 0 Å². The highest BCUT2D eigenvalue weighted by Gasteiger charge is 2.48. The smallest absolute Gasteiger partial charge is 0.320 e. The van der Waals surface area contributed by atoms with E-state index in [2.05, 4.69) is 0 Å². The molecule has 0 atom stereocenters. The predicted molar refractivity (Wildman–Crippen MR) is 72.6 cm³/mol.